The largest absolute Gasteiger partial charge is 0.457 e. The maximum atomic E-state index is 11.8. The number of aryl methyl sites for hydroxylation is 1. The van der Waals surface area contributed by atoms with Crippen LogP contribution in [-0.2, 0) is 18.4 Å². The van der Waals surface area contributed by atoms with E-state index >= 15 is 0 Å². The van der Waals surface area contributed by atoms with Gasteiger partial charge in [-0.15, -0.1) is 0 Å². The lowest BCUT2D eigenvalue weighted by Crippen LogP contribution is -2.06. The molecule has 0 aliphatic heterocycles. The average Bonchev–Trinajstić information content (AvgIpc) is 2.69. The first-order chi connectivity index (χ1) is 8.18. The molecule has 1 heterocycles. The molecule has 2 rings (SSSR count). The van der Waals surface area contributed by atoms with Crippen molar-refractivity contribution in [2.45, 2.75) is 6.61 Å². The minimum absolute atomic E-state index is 0.282. The van der Waals surface area contributed by atoms with Crippen LogP contribution < -0.4 is 0 Å². The highest BCUT2D eigenvalue weighted by Gasteiger charge is 2.15. The summed E-state index contributed by atoms with van der Waals surface area (Å²) in [5, 5.41) is 4.00. The van der Waals surface area contributed by atoms with Gasteiger partial charge in [0, 0.05) is 7.05 Å². The van der Waals surface area contributed by atoms with Gasteiger partial charge in [0.05, 0.1) is 6.20 Å². The van der Waals surface area contributed by atoms with Gasteiger partial charge in [-0.05, 0) is 28.2 Å². The van der Waals surface area contributed by atoms with Crippen molar-refractivity contribution in [1.82, 2.24) is 9.78 Å². The van der Waals surface area contributed by atoms with Gasteiger partial charge in [0.2, 0.25) is 0 Å². The number of hydrogen-bond acceptors (Lipinski definition) is 3. The van der Waals surface area contributed by atoms with E-state index in [4.69, 9.17) is 4.74 Å². The minimum atomic E-state index is -0.341. The molecule has 2 aromatic rings. The molecule has 4 nitrogen and oxygen atoms in total. The van der Waals surface area contributed by atoms with Crippen molar-refractivity contribution < 1.29 is 9.53 Å². The number of aromatic nitrogens is 2. The third kappa shape index (κ3) is 2.85. The van der Waals surface area contributed by atoms with Crippen molar-refractivity contribution in [3.8, 4) is 0 Å². The highest BCUT2D eigenvalue weighted by Crippen LogP contribution is 2.12. The second-order valence-electron chi connectivity index (χ2n) is 3.53. The Morgan fingerprint density at radius 2 is 2.12 bits per heavy atom. The third-order valence-corrected chi connectivity index (χ3v) is 3.58. The van der Waals surface area contributed by atoms with Gasteiger partial charge in [-0.3, -0.25) is 4.68 Å². The van der Waals surface area contributed by atoms with Gasteiger partial charge in [-0.25, -0.2) is 4.79 Å². The monoisotopic (exact) mass is 342 g/mol. The molecule has 5 heteroatoms. The average molecular weight is 342 g/mol. The molecule has 0 saturated carbocycles. The first-order valence-electron chi connectivity index (χ1n) is 5.07. The van der Waals surface area contributed by atoms with Crippen LogP contribution >= 0.6 is 22.6 Å². The Morgan fingerprint density at radius 3 is 2.71 bits per heavy atom. The standard InChI is InChI=1S/C12H11IN2O2/c1-15-11(13)10(7-14-15)12(16)17-8-9-5-3-2-4-6-9/h2-7H,8H2,1H3. The van der Waals surface area contributed by atoms with Crippen LogP contribution in [0.3, 0.4) is 0 Å². The first-order valence-corrected chi connectivity index (χ1v) is 6.15. The molecule has 1 aromatic heterocycles. The quantitative estimate of drug-likeness (QED) is 0.636. The summed E-state index contributed by atoms with van der Waals surface area (Å²) in [5.41, 5.74) is 1.48. The van der Waals surface area contributed by atoms with Crippen LogP contribution in [-0.4, -0.2) is 15.7 Å². The minimum Gasteiger partial charge on any atom is -0.457 e. The van der Waals surface area contributed by atoms with E-state index in [1.807, 2.05) is 30.3 Å². The van der Waals surface area contributed by atoms with Crippen molar-refractivity contribution in [2.75, 3.05) is 0 Å². The number of rotatable bonds is 3. The number of ether oxygens (including phenoxy) is 1. The summed E-state index contributed by atoms with van der Waals surface area (Å²) in [5.74, 6) is -0.341. The van der Waals surface area contributed by atoms with E-state index in [0.717, 1.165) is 9.26 Å². The molecule has 0 fully saturated rings. The molecule has 1 aromatic carbocycles. The Balaban J connectivity index is 2.01. The van der Waals surface area contributed by atoms with Crippen LogP contribution in [0.15, 0.2) is 36.5 Å². The molecule has 0 amide bonds. The van der Waals surface area contributed by atoms with Crippen molar-refractivity contribution >= 4 is 28.6 Å². The molecular formula is C12H11IN2O2. The second kappa shape index (κ2) is 5.31. The maximum absolute atomic E-state index is 11.8. The molecule has 0 aliphatic rings. The molecular weight excluding hydrogens is 331 g/mol. The summed E-state index contributed by atoms with van der Waals surface area (Å²) in [6.45, 7) is 0.282. The van der Waals surface area contributed by atoms with E-state index in [9.17, 15) is 4.79 Å². The Labute approximate surface area is 113 Å². The Hall–Kier alpha value is -1.37. The Kier molecular flexibility index (Phi) is 3.78. The number of hydrogen-bond donors (Lipinski definition) is 0. The molecule has 0 aliphatic carbocycles. The lowest BCUT2D eigenvalue weighted by atomic mass is 10.2. The molecule has 0 saturated heterocycles. The highest BCUT2D eigenvalue weighted by molar-refractivity contribution is 14.1. The van der Waals surface area contributed by atoms with Crippen LogP contribution in [0.2, 0.25) is 0 Å². The van der Waals surface area contributed by atoms with Crippen molar-refractivity contribution in [3.05, 3.63) is 51.4 Å². The Bertz CT molecular complexity index is 523. The summed E-state index contributed by atoms with van der Waals surface area (Å²) in [7, 11) is 1.79. The zero-order valence-corrected chi connectivity index (χ0v) is 11.4. The zero-order chi connectivity index (χ0) is 12.3. The van der Waals surface area contributed by atoms with E-state index in [2.05, 4.69) is 27.7 Å². The lowest BCUT2D eigenvalue weighted by molar-refractivity contribution is 0.0471. The number of carbonyl (C=O) groups excluding carboxylic acids is 1. The second-order valence-corrected chi connectivity index (χ2v) is 4.56. The third-order valence-electron chi connectivity index (χ3n) is 2.30. The van der Waals surface area contributed by atoms with Crippen LogP contribution in [0.1, 0.15) is 15.9 Å². The van der Waals surface area contributed by atoms with E-state index in [1.165, 1.54) is 6.20 Å². The molecule has 0 atom stereocenters. The summed E-state index contributed by atoms with van der Waals surface area (Å²) in [6.07, 6.45) is 1.52. The van der Waals surface area contributed by atoms with Gasteiger partial charge in [0.25, 0.3) is 0 Å². The number of carbonyl (C=O) groups is 1. The van der Waals surface area contributed by atoms with E-state index in [0.29, 0.717) is 5.56 Å². The highest BCUT2D eigenvalue weighted by atomic mass is 127. The summed E-state index contributed by atoms with van der Waals surface area (Å²) >= 11 is 2.07. The smallest absolute Gasteiger partial charge is 0.342 e. The Morgan fingerprint density at radius 1 is 1.41 bits per heavy atom. The topological polar surface area (TPSA) is 44.1 Å². The van der Waals surface area contributed by atoms with Crippen molar-refractivity contribution in [3.63, 3.8) is 0 Å². The number of esters is 1. The van der Waals surface area contributed by atoms with Crippen LogP contribution in [0.5, 0.6) is 0 Å². The molecule has 0 unspecified atom stereocenters. The van der Waals surface area contributed by atoms with E-state index in [1.54, 1.807) is 11.7 Å². The fourth-order valence-electron chi connectivity index (χ4n) is 1.36. The lowest BCUT2D eigenvalue weighted by Gasteiger charge is -2.03. The van der Waals surface area contributed by atoms with Gasteiger partial charge >= 0.3 is 5.97 Å². The molecule has 88 valence electrons. The zero-order valence-electron chi connectivity index (χ0n) is 9.26. The SMILES string of the molecule is Cn1ncc(C(=O)OCc2ccccc2)c1I. The van der Waals surface area contributed by atoms with Crippen molar-refractivity contribution in [1.29, 1.82) is 0 Å². The van der Waals surface area contributed by atoms with E-state index < -0.39 is 0 Å². The van der Waals surface area contributed by atoms with Crippen molar-refractivity contribution in [2.24, 2.45) is 7.05 Å². The fourth-order valence-corrected chi connectivity index (χ4v) is 1.84. The predicted molar refractivity (Wildman–Crippen MR) is 71.5 cm³/mol. The first kappa shape index (κ1) is 12.1. The van der Waals surface area contributed by atoms with Crippen LogP contribution in [0.4, 0.5) is 0 Å². The summed E-state index contributed by atoms with van der Waals surface area (Å²) in [4.78, 5) is 11.8. The van der Waals surface area contributed by atoms with Gasteiger partial charge in [0.15, 0.2) is 0 Å². The normalized spacial score (nSPS) is 10.2. The summed E-state index contributed by atoms with van der Waals surface area (Å²) in [6, 6.07) is 9.59. The van der Waals surface area contributed by atoms with Gasteiger partial charge in [0.1, 0.15) is 15.9 Å². The van der Waals surface area contributed by atoms with Gasteiger partial charge in [-0.1, -0.05) is 30.3 Å². The molecule has 0 spiro atoms. The molecule has 0 N–H and O–H groups in total. The molecule has 0 radical (unpaired) electrons. The van der Waals surface area contributed by atoms with E-state index in [-0.39, 0.29) is 12.6 Å². The number of halogens is 1. The van der Waals surface area contributed by atoms with Gasteiger partial charge in [-0.2, -0.15) is 5.10 Å². The van der Waals surface area contributed by atoms with Gasteiger partial charge < -0.3 is 4.74 Å². The number of benzene rings is 1. The van der Waals surface area contributed by atoms with Crippen LogP contribution in [0.25, 0.3) is 0 Å². The fraction of sp³-hybridized carbons (Fsp3) is 0.167. The molecule has 0 bridgehead atoms. The summed E-state index contributed by atoms with van der Waals surface area (Å²) < 4.78 is 7.63. The maximum Gasteiger partial charge on any atom is 0.342 e. The van der Waals surface area contributed by atoms with Crippen LogP contribution in [0, 0.1) is 3.70 Å². The molecule has 17 heavy (non-hydrogen) atoms. The number of nitrogens with zero attached hydrogens (tertiary/aromatic N) is 2. The predicted octanol–water partition coefficient (Wildman–Crippen LogP) is 2.38.